The minimum atomic E-state index is -0.201. The van der Waals surface area contributed by atoms with Gasteiger partial charge in [0.2, 0.25) is 0 Å². The summed E-state index contributed by atoms with van der Waals surface area (Å²) in [5.74, 6) is 0.780. The van der Waals surface area contributed by atoms with Crippen molar-refractivity contribution in [2.24, 2.45) is 5.92 Å². The van der Waals surface area contributed by atoms with Crippen LogP contribution in [0.25, 0.3) is 0 Å². The summed E-state index contributed by atoms with van der Waals surface area (Å²) in [5.41, 5.74) is -0.201. The Bertz CT molecular complexity index is 247. The van der Waals surface area contributed by atoms with E-state index in [1.807, 2.05) is 0 Å². The summed E-state index contributed by atoms with van der Waals surface area (Å²) in [6.45, 7) is 11.0. The van der Waals surface area contributed by atoms with Crippen LogP contribution < -0.4 is 5.32 Å². The van der Waals surface area contributed by atoms with Gasteiger partial charge in [-0.05, 0) is 39.9 Å². The van der Waals surface area contributed by atoms with Crippen molar-refractivity contribution in [1.29, 1.82) is 0 Å². The van der Waals surface area contributed by atoms with Gasteiger partial charge in [-0.3, -0.25) is 0 Å². The molecule has 0 bridgehead atoms. The minimum absolute atomic E-state index is 0.181. The predicted molar refractivity (Wildman–Crippen MR) is 76.9 cm³/mol. The van der Waals surface area contributed by atoms with Gasteiger partial charge in [0.15, 0.2) is 0 Å². The Morgan fingerprint density at radius 3 is 2.61 bits per heavy atom. The molecule has 0 radical (unpaired) electrons. The van der Waals surface area contributed by atoms with Crippen LogP contribution in [0.2, 0.25) is 0 Å². The van der Waals surface area contributed by atoms with Crippen LogP contribution in [-0.4, -0.2) is 73.4 Å². The van der Waals surface area contributed by atoms with Gasteiger partial charge >= 0.3 is 0 Å². The van der Waals surface area contributed by atoms with E-state index in [2.05, 4.69) is 50.0 Å². The summed E-state index contributed by atoms with van der Waals surface area (Å²) < 4.78 is 0. The molecule has 1 fully saturated rings. The zero-order valence-electron chi connectivity index (χ0n) is 12.7. The van der Waals surface area contributed by atoms with E-state index in [1.165, 1.54) is 19.5 Å². The highest BCUT2D eigenvalue weighted by atomic mass is 16.3. The van der Waals surface area contributed by atoms with Crippen LogP contribution in [0.4, 0.5) is 0 Å². The first-order chi connectivity index (χ1) is 8.34. The van der Waals surface area contributed by atoms with Crippen molar-refractivity contribution in [3.05, 3.63) is 0 Å². The average molecular weight is 257 g/mol. The van der Waals surface area contributed by atoms with Crippen molar-refractivity contribution >= 4 is 0 Å². The van der Waals surface area contributed by atoms with Crippen LogP contribution >= 0.6 is 0 Å². The van der Waals surface area contributed by atoms with E-state index in [0.29, 0.717) is 6.04 Å². The SMILES string of the molecule is CC(C)NC(C)(CO)CN(C)CC1CCN(C)C1. The first-order valence-electron chi connectivity index (χ1n) is 7.10. The molecule has 0 aromatic carbocycles. The molecule has 0 amide bonds. The number of likely N-dealkylation sites (tertiary alicyclic amines) is 1. The van der Waals surface area contributed by atoms with E-state index >= 15 is 0 Å². The highest BCUT2D eigenvalue weighted by molar-refractivity contribution is 4.88. The maximum atomic E-state index is 9.59. The van der Waals surface area contributed by atoms with Gasteiger partial charge in [0.05, 0.1) is 12.1 Å². The van der Waals surface area contributed by atoms with Crippen LogP contribution in [0.1, 0.15) is 27.2 Å². The Morgan fingerprint density at radius 2 is 2.17 bits per heavy atom. The molecule has 108 valence electrons. The van der Waals surface area contributed by atoms with E-state index in [9.17, 15) is 5.11 Å². The zero-order valence-corrected chi connectivity index (χ0v) is 12.7. The highest BCUT2D eigenvalue weighted by Crippen LogP contribution is 2.16. The molecule has 2 N–H and O–H groups in total. The van der Waals surface area contributed by atoms with Crippen LogP contribution in [0.15, 0.2) is 0 Å². The molecule has 0 aromatic heterocycles. The van der Waals surface area contributed by atoms with E-state index < -0.39 is 0 Å². The lowest BCUT2D eigenvalue weighted by Crippen LogP contribution is -2.56. The average Bonchev–Trinajstić information content (AvgIpc) is 2.62. The number of aliphatic hydroxyl groups excluding tert-OH is 1. The molecule has 4 heteroatoms. The van der Waals surface area contributed by atoms with Gasteiger partial charge in [0, 0.05) is 25.7 Å². The molecular weight excluding hydrogens is 226 g/mol. The molecule has 0 aliphatic carbocycles. The molecule has 4 nitrogen and oxygen atoms in total. The number of likely N-dealkylation sites (N-methyl/N-ethyl adjacent to an activating group) is 1. The van der Waals surface area contributed by atoms with Gasteiger partial charge in [-0.2, -0.15) is 0 Å². The number of hydrogen-bond donors (Lipinski definition) is 2. The van der Waals surface area contributed by atoms with Crippen LogP contribution in [0.3, 0.4) is 0 Å². The van der Waals surface area contributed by atoms with Crippen molar-refractivity contribution in [3.63, 3.8) is 0 Å². The Hall–Kier alpha value is -0.160. The molecular formula is C14H31N3O. The van der Waals surface area contributed by atoms with Crippen molar-refractivity contribution in [2.75, 3.05) is 46.9 Å². The summed E-state index contributed by atoms with van der Waals surface area (Å²) in [6, 6.07) is 0.396. The van der Waals surface area contributed by atoms with Crippen molar-refractivity contribution in [2.45, 2.75) is 38.8 Å². The molecule has 0 spiro atoms. The molecule has 2 atom stereocenters. The number of nitrogens with one attached hydrogen (secondary N) is 1. The monoisotopic (exact) mass is 257 g/mol. The molecule has 0 saturated carbocycles. The second-order valence-electron chi connectivity index (χ2n) is 6.63. The zero-order chi connectivity index (χ0) is 13.8. The van der Waals surface area contributed by atoms with Crippen LogP contribution in [-0.2, 0) is 0 Å². The topological polar surface area (TPSA) is 38.7 Å². The second kappa shape index (κ2) is 6.85. The van der Waals surface area contributed by atoms with E-state index in [4.69, 9.17) is 0 Å². The number of aliphatic hydroxyl groups is 1. The Labute approximate surface area is 112 Å². The van der Waals surface area contributed by atoms with Gasteiger partial charge in [-0.1, -0.05) is 13.8 Å². The van der Waals surface area contributed by atoms with Gasteiger partial charge < -0.3 is 20.2 Å². The molecule has 1 rings (SSSR count). The summed E-state index contributed by atoms with van der Waals surface area (Å²) >= 11 is 0. The largest absolute Gasteiger partial charge is 0.394 e. The summed E-state index contributed by atoms with van der Waals surface area (Å²) in [5, 5.41) is 13.1. The third-order valence-corrected chi connectivity index (χ3v) is 3.66. The normalized spacial score (nSPS) is 25.0. The van der Waals surface area contributed by atoms with Crippen LogP contribution in [0.5, 0.6) is 0 Å². The van der Waals surface area contributed by atoms with Crippen molar-refractivity contribution in [1.82, 2.24) is 15.1 Å². The Morgan fingerprint density at radius 1 is 1.50 bits per heavy atom. The fourth-order valence-corrected chi connectivity index (χ4v) is 3.11. The lowest BCUT2D eigenvalue weighted by molar-refractivity contribution is 0.118. The van der Waals surface area contributed by atoms with Crippen molar-refractivity contribution < 1.29 is 5.11 Å². The fourth-order valence-electron chi connectivity index (χ4n) is 3.11. The van der Waals surface area contributed by atoms with Gasteiger partial charge in [0.25, 0.3) is 0 Å². The highest BCUT2D eigenvalue weighted by Gasteiger charge is 2.27. The number of nitrogens with zero attached hydrogens (tertiary/aromatic N) is 2. The quantitative estimate of drug-likeness (QED) is 0.701. The predicted octanol–water partition coefficient (Wildman–Crippen LogP) is 0.619. The number of rotatable bonds is 7. The van der Waals surface area contributed by atoms with Gasteiger partial charge in [-0.25, -0.2) is 0 Å². The fraction of sp³-hybridized carbons (Fsp3) is 1.00. The molecule has 1 heterocycles. The lowest BCUT2D eigenvalue weighted by atomic mass is 10.0. The lowest BCUT2D eigenvalue weighted by Gasteiger charge is -2.35. The third kappa shape index (κ3) is 5.22. The molecule has 1 aliphatic rings. The van der Waals surface area contributed by atoms with Crippen molar-refractivity contribution in [3.8, 4) is 0 Å². The van der Waals surface area contributed by atoms with Gasteiger partial charge in [-0.15, -0.1) is 0 Å². The van der Waals surface area contributed by atoms with Crippen LogP contribution in [0, 0.1) is 5.92 Å². The Kier molecular flexibility index (Phi) is 6.05. The van der Waals surface area contributed by atoms with E-state index in [1.54, 1.807) is 0 Å². The summed E-state index contributed by atoms with van der Waals surface area (Å²) in [6.07, 6.45) is 1.30. The molecule has 0 aromatic rings. The standard InChI is InChI=1S/C14H31N3O/c1-12(2)15-14(3,11-18)10-17(5)9-13-6-7-16(4)8-13/h12-13,15,18H,6-11H2,1-5H3. The molecule has 18 heavy (non-hydrogen) atoms. The van der Waals surface area contributed by atoms with E-state index in [0.717, 1.165) is 19.0 Å². The summed E-state index contributed by atoms with van der Waals surface area (Å²) in [4.78, 5) is 4.76. The third-order valence-electron chi connectivity index (χ3n) is 3.66. The van der Waals surface area contributed by atoms with Gasteiger partial charge in [0.1, 0.15) is 0 Å². The minimum Gasteiger partial charge on any atom is -0.394 e. The maximum Gasteiger partial charge on any atom is 0.0623 e. The molecule has 2 unspecified atom stereocenters. The molecule has 1 saturated heterocycles. The first kappa shape index (κ1) is 15.9. The number of hydrogen-bond acceptors (Lipinski definition) is 4. The first-order valence-corrected chi connectivity index (χ1v) is 7.10. The van der Waals surface area contributed by atoms with E-state index in [-0.39, 0.29) is 12.1 Å². The maximum absolute atomic E-state index is 9.59. The smallest absolute Gasteiger partial charge is 0.0623 e. The second-order valence-corrected chi connectivity index (χ2v) is 6.63. The Balaban J connectivity index is 2.39. The summed E-state index contributed by atoms with van der Waals surface area (Å²) in [7, 11) is 4.35. The molecule has 1 aliphatic heterocycles.